The first kappa shape index (κ1) is 13.0. The van der Waals surface area contributed by atoms with Gasteiger partial charge in [0.1, 0.15) is 10.7 Å². The molecule has 98 valence electrons. The number of primary sulfonamides is 1. The van der Waals surface area contributed by atoms with Crippen molar-refractivity contribution < 1.29 is 16.8 Å². The maximum absolute atomic E-state index is 12.0. The number of sulfone groups is 1. The lowest BCUT2D eigenvalue weighted by molar-refractivity contribution is 0.585. The fraction of sp³-hybridized carbons (Fsp3) is 0.222. The van der Waals surface area contributed by atoms with Gasteiger partial charge in [-0.3, -0.25) is 4.40 Å². The van der Waals surface area contributed by atoms with Gasteiger partial charge in [0, 0.05) is 12.4 Å². The average Bonchev–Trinajstić information content (AvgIpc) is 2.73. The van der Waals surface area contributed by atoms with Crippen LogP contribution < -0.4 is 5.14 Å². The van der Waals surface area contributed by atoms with Gasteiger partial charge < -0.3 is 0 Å². The molecule has 0 aliphatic carbocycles. The summed E-state index contributed by atoms with van der Waals surface area (Å²) < 4.78 is 47.1. The van der Waals surface area contributed by atoms with E-state index in [1.165, 1.54) is 22.9 Å². The molecule has 7 nitrogen and oxygen atoms in total. The summed E-state index contributed by atoms with van der Waals surface area (Å²) in [5, 5.41) is 4.80. The molecule has 2 rings (SSSR count). The molecule has 0 bridgehead atoms. The third kappa shape index (κ3) is 2.68. The van der Waals surface area contributed by atoms with Crippen molar-refractivity contribution in [3.63, 3.8) is 0 Å². The average molecular weight is 289 g/mol. The summed E-state index contributed by atoms with van der Waals surface area (Å²) >= 11 is 0. The lowest BCUT2D eigenvalue weighted by Gasteiger charge is -2.06. The fourth-order valence-corrected chi connectivity index (χ4v) is 4.26. The second-order valence-electron chi connectivity index (χ2n) is 3.71. The molecule has 0 unspecified atom stereocenters. The van der Waals surface area contributed by atoms with Gasteiger partial charge in [-0.15, -0.1) is 0 Å². The summed E-state index contributed by atoms with van der Waals surface area (Å²) in [5.41, 5.74) is 0.478. The third-order valence-electron chi connectivity index (χ3n) is 2.35. The van der Waals surface area contributed by atoms with Crippen LogP contribution >= 0.6 is 0 Å². The molecule has 0 saturated heterocycles. The normalized spacial score (nSPS) is 12.9. The molecule has 0 atom stereocenters. The number of nitrogens with zero attached hydrogens (tertiary/aromatic N) is 2. The molecule has 2 aromatic heterocycles. The molecule has 0 saturated carbocycles. The first-order valence-electron chi connectivity index (χ1n) is 4.95. The zero-order chi connectivity index (χ0) is 13.4. The van der Waals surface area contributed by atoms with Crippen LogP contribution in [0.15, 0.2) is 35.6 Å². The number of imidazole rings is 1. The summed E-state index contributed by atoms with van der Waals surface area (Å²) in [5.74, 6) is -1.16. The number of rotatable bonds is 4. The molecular formula is C9H11N3O4S2. The summed E-state index contributed by atoms with van der Waals surface area (Å²) in [6.45, 7) is 0. The molecule has 2 aromatic rings. The predicted molar refractivity (Wildman–Crippen MR) is 65.2 cm³/mol. The van der Waals surface area contributed by atoms with Crippen molar-refractivity contribution in [3.8, 4) is 0 Å². The van der Waals surface area contributed by atoms with Crippen molar-refractivity contribution in [1.82, 2.24) is 9.38 Å². The van der Waals surface area contributed by atoms with E-state index in [4.69, 9.17) is 5.14 Å². The number of nitrogens with two attached hydrogens (primary N) is 1. The SMILES string of the molecule is NS(=O)(=O)CCS(=O)(=O)c1cccc2nccn12. The van der Waals surface area contributed by atoms with E-state index in [1.807, 2.05) is 0 Å². The van der Waals surface area contributed by atoms with Crippen molar-refractivity contribution in [2.75, 3.05) is 11.5 Å². The molecule has 0 radical (unpaired) electrons. The van der Waals surface area contributed by atoms with Gasteiger partial charge in [0.25, 0.3) is 0 Å². The van der Waals surface area contributed by atoms with Crippen LogP contribution in [-0.4, -0.2) is 37.7 Å². The number of sulfonamides is 1. The zero-order valence-corrected chi connectivity index (χ0v) is 10.9. The Morgan fingerprint density at radius 3 is 2.56 bits per heavy atom. The summed E-state index contributed by atoms with van der Waals surface area (Å²) in [6.07, 6.45) is 2.97. The van der Waals surface area contributed by atoms with Crippen LogP contribution in [0.3, 0.4) is 0 Å². The van der Waals surface area contributed by atoms with Crippen LogP contribution in [0.4, 0.5) is 0 Å². The molecule has 0 aliphatic rings. The lowest BCUT2D eigenvalue weighted by atomic mass is 10.5. The summed E-state index contributed by atoms with van der Waals surface area (Å²) in [6, 6.07) is 4.60. The fourth-order valence-electron chi connectivity index (χ4n) is 1.51. The van der Waals surface area contributed by atoms with Crippen molar-refractivity contribution in [1.29, 1.82) is 0 Å². The van der Waals surface area contributed by atoms with Crippen LogP contribution in [-0.2, 0) is 19.9 Å². The van der Waals surface area contributed by atoms with Crippen LogP contribution in [0, 0.1) is 0 Å². The molecule has 0 aromatic carbocycles. The first-order valence-corrected chi connectivity index (χ1v) is 8.32. The second kappa shape index (κ2) is 4.34. The Bertz CT molecular complexity index is 777. The Hall–Kier alpha value is -1.45. The molecule has 9 heteroatoms. The third-order valence-corrected chi connectivity index (χ3v) is 5.09. The maximum Gasteiger partial charge on any atom is 0.210 e. The minimum atomic E-state index is -3.81. The molecule has 18 heavy (non-hydrogen) atoms. The Morgan fingerprint density at radius 2 is 1.89 bits per heavy atom. The van der Waals surface area contributed by atoms with E-state index in [1.54, 1.807) is 12.1 Å². The highest BCUT2D eigenvalue weighted by Crippen LogP contribution is 2.13. The minimum absolute atomic E-state index is 0.00106. The summed E-state index contributed by atoms with van der Waals surface area (Å²) in [7, 11) is -7.54. The van der Waals surface area contributed by atoms with Gasteiger partial charge in [-0.1, -0.05) is 6.07 Å². The largest absolute Gasteiger partial charge is 0.290 e. The zero-order valence-electron chi connectivity index (χ0n) is 9.22. The Labute approximate surface area is 104 Å². The van der Waals surface area contributed by atoms with Gasteiger partial charge in [0.05, 0.1) is 11.5 Å². The minimum Gasteiger partial charge on any atom is -0.290 e. The Morgan fingerprint density at radius 1 is 1.17 bits per heavy atom. The quantitative estimate of drug-likeness (QED) is 0.807. The number of fused-ring (bicyclic) bond motifs is 1. The first-order chi connectivity index (χ1) is 8.30. The highest BCUT2D eigenvalue weighted by molar-refractivity contribution is 7.94. The monoisotopic (exact) mass is 289 g/mol. The molecule has 0 spiro atoms. The van der Waals surface area contributed by atoms with Crippen LogP contribution in [0.25, 0.3) is 5.65 Å². The van der Waals surface area contributed by atoms with Gasteiger partial charge in [-0.05, 0) is 12.1 Å². The maximum atomic E-state index is 12.0. The van der Waals surface area contributed by atoms with Crippen molar-refractivity contribution in [2.45, 2.75) is 5.03 Å². The van der Waals surface area contributed by atoms with E-state index < -0.39 is 31.4 Å². The molecule has 0 aliphatic heterocycles. The van der Waals surface area contributed by atoms with Crippen LogP contribution in [0.5, 0.6) is 0 Å². The van der Waals surface area contributed by atoms with Gasteiger partial charge in [-0.2, -0.15) is 0 Å². The van der Waals surface area contributed by atoms with Crippen LogP contribution in [0.1, 0.15) is 0 Å². The lowest BCUT2D eigenvalue weighted by Crippen LogP contribution is -2.24. The van der Waals surface area contributed by atoms with E-state index in [0.29, 0.717) is 5.65 Å². The van der Waals surface area contributed by atoms with E-state index in [9.17, 15) is 16.8 Å². The van der Waals surface area contributed by atoms with Crippen molar-refractivity contribution in [3.05, 3.63) is 30.6 Å². The number of hydrogen-bond donors (Lipinski definition) is 1. The van der Waals surface area contributed by atoms with E-state index in [-0.39, 0.29) is 5.03 Å². The number of pyridine rings is 1. The predicted octanol–water partition coefficient (Wildman–Crippen LogP) is -0.603. The van der Waals surface area contributed by atoms with Gasteiger partial charge in [0.2, 0.25) is 10.0 Å². The standard InChI is InChI=1S/C9H11N3O4S2/c10-18(15,16)7-6-17(13,14)9-3-1-2-8-11-4-5-12(8)9/h1-5H,6-7H2,(H2,10,15,16). The van der Waals surface area contributed by atoms with Crippen LogP contribution in [0.2, 0.25) is 0 Å². The van der Waals surface area contributed by atoms with E-state index in [2.05, 4.69) is 4.98 Å². The van der Waals surface area contributed by atoms with E-state index >= 15 is 0 Å². The molecule has 0 fully saturated rings. The smallest absolute Gasteiger partial charge is 0.210 e. The van der Waals surface area contributed by atoms with Crippen molar-refractivity contribution in [2.24, 2.45) is 5.14 Å². The topological polar surface area (TPSA) is 112 Å². The Kier molecular flexibility index (Phi) is 3.13. The summed E-state index contributed by atoms with van der Waals surface area (Å²) in [4.78, 5) is 3.96. The van der Waals surface area contributed by atoms with Gasteiger partial charge >= 0.3 is 0 Å². The van der Waals surface area contributed by atoms with Crippen molar-refractivity contribution >= 4 is 25.5 Å². The molecular weight excluding hydrogens is 278 g/mol. The molecule has 2 N–H and O–H groups in total. The number of hydrogen-bond acceptors (Lipinski definition) is 5. The highest BCUT2D eigenvalue weighted by Gasteiger charge is 2.20. The molecule has 0 amide bonds. The van der Waals surface area contributed by atoms with Gasteiger partial charge in [0.15, 0.2) is 9.84 Å². The van der Waals surface area contributed by atoms with Gasteiger partial charge in [-0.25, -0.2) is 27.0 Å². The number of aromatic nitrogens is 2. The second-order valence-corrected chi connectivity index (χ2v) is 7.50. The van der Waals surface area contributed by atoms with E-state index in [0.717, 1.165) is 0 Å². The molecule has 2 heterocycles. The Balaban J connectivity index is 2.44. The highest BCUT2D eigenvalue weighted by atomic mass is 32.2.